The Labute approximate surface area is 234 Å². The molecule has 0 radical (unpaired) electrons. The van der Waals surface area contributed by atoms with Crippen LogP contribution in [0.25, 0.3) is 0 Å². The summed E-state index contributed by atoms with van der Waals surface area (Å²) in [6, 6.07) is 2.96. The van der Waals surface area contributed by atoms with E-state index in [9.17, 15) is 44.4 Å². The van der Waals surface area contributed by atoms with Crippen LogP contribution in [0.1, 0.15) is 54.4 Å². The van der Waals surface area contributed by atoms with Crippen molar-refractivity contribution in [3.8, 4) is 5.75 Å². The Hall–Kier alpha value is -4.23. The topological polar surface area (TPSA) is 225 Å². The number of phenolic OH excluding ortho intramolecular Hbond substituents is 1. The molecule has 0 aliphatic heterocycles. The highest BCUT2D eigenvalue weighted by atomic mass is 16.5. The maximum absolute atomic E-state index is 13.8. The first kappa shape index (κ1) is 29.7. The number of carboxylic acid groups (broad SMARTS) is 1. The molecule has 13 heteroatoms. The lowest BCUT2D eigenvalue weighted by molar-refractivity contribution is -0.181. The molecule has 0 saturated carbocycles. The maximum atomic E-state index is 13.8. The second kappa shape index (κ2) is 10.6. The Morgan fingerprint density at radius 3 is 2.29 bits per heavy atom. The largest absolute Gasteiger partial charge is 0.510 e. The molecule has 4 rings (SSSR count). The quantitative estimate of drug-likeness (QED) is 0.145. The molecule has 0 bridgehead atoms. The van der Waals surface area contributed by atoms with Gasteiger partial charge >= 0.3 is 11.9 Å². The third-order valence-corrected chi connectivity index (χ3v) is 8.26. The molecule has 0 aromatic heterocycles. The van der Waals surface area contributed by atoms with Crippen LogP contribution in [0.2, 0.25) is 0 Å². The average Bonchev–Trinajstić information content (AvgIpc) is 2.88. The molecule has 0 fully saturated rings. The predicted octanol–water partition coefficient (Wildman–Crippen LogP) is 0.848. The molecule has 1 aromatic carbocycles. The number of Topliss-reactive ketones (excluding diaryl/α,β-unsaturated/α-hetero) is 2. The number of amides is 1. The molecule has 3 aliphatic carbocycles. The zero-order valence-electron chi connectivity index (χ0n) is 22.7. The fourth-order valence-electron chi connectivity index (χ4n) is 6.45. The van der Waals surface area contributed by atoms with E-state index in [0.717, 1.165) is 0 Å². The Kier molecular flexibility index (Phi) is 7.71. The van der Waals surface area contributed by atoms with E-state index in [1.807, 2.05) is 0 Å². The number of benzene rings is 1. The Bertz CT molecular complexity index is 1410. The minimum Gasteiger partial charge on any atom is -0.510 e. The summed E-state index contributed by atoms with van der Waals surface area (Å²) in [7, 11) is 2.92. The minimum atomic E-state index is -3.02. The molecule has 1 amide bonds. The smallest absolute Gasteiger partial charge is 0.306 e. The van der Waals surface area contributed by atoms with Crippen molar-refractivity contribution in [1.82, 2.24) is 4.90 Å². The number of aliphatic carboxylic acids is 1. The van der Waals surface area contributed by atoms with E-state index in [1.165, 1.54) is 31.1 Å². The number of ether oxygens (including phenoxy) is 1. The third-order valence-electron chi connectivity index (χ3n) is 8.26. The zero-order valence-corrected chi connectivity index (χ0v) is 22.7. The van der Waals surface area contributed by atoms with Gasteiger partial charge in [-0.15, -0.1) is 0 Å². The van der Waals surface area contributed by atoms with Crippen LogP contribution in [0.3, 0.4) is 0 Å². The van der Waals surface area contributed by atoms with Gasteiger partial charge in [0.2, 0.25) is 5.78 Å². The highest BCUT2D eigenvalue weighted by Crippen LogP contribution is 2.56. The Morgan fingerprint density at radius 1 is 1.07 bits per heavy atom. The van der Waals surface area contributed by atoms with Crippen molar-refractivity contribution in [1.29, 1.82) is 0 Å². The van der Waals surface area contributed by atoms with E-state index in [2.05, 4.69) is 0 Å². The minimum absolute atomic E-state index is 0.142. The number of nitrogens with zero attached hydrogens (tertiary/aromatic N) is 1. The molecule has 7 N–H and O–H groups in total. The van der Waals surface area contributed by atoms with Crippen LogP contribution in [0.15, 0.2) is 40.9 Å². The zero-order chi connectivity index (χ0) is 30.5. The fraction of sp³-hybridized carbons (Fsp3) is 0.464. The molecular formula is C28H32N2O11. The monoisotopic (exact) mass is 572 g/mol. The summed E-state index contributed by atoms with van der Waals surface area (Å²) in [6.07, 6.45) is -1.62. The summed E-state index contributed by atoms with van der Waals surface area (Å²) in [5.41, 5.74) is 1.09. The lowest BCUT2D eigenvalue weighted by Crippen LogP contribution is -2.69. The number of carbonyl (C=O) groups excluding carboxylic acids is 4. The number of carbonyl (C=O) groups is 5. The average molecular weight is 573 g/mol. The van der Waals surface area contributed by atoms with Gasteiger partial charge in [-0.2, -0.15) is 0 Å². The molecule has 1 aromatic rings. The number of primary amides is 1. The number of esters is 1. The summed E-state index contributed by atoms with van der Waals surface area (Å²) in [5, 5.41) is 54.0. The first-order valence-corrected chi connectivity index (χ1v) is 13.0. The molecule has 13 nitrogen and oxygen atoms in total. The van der Waals surface area contributed by atoms with Gasteiger partial charge in [-0.05, 0) is 44.5 Å². The molecule has 3 aliphatic rings. The number of hydrogen-bond donors (Lipinski definition) is 6. The van der Waals surface area contributed by atoms with Gasteiger partial charge in [0.15, 0.2) is 11.4 Å². The van der Waals surface area contributed by atoms with Gasteiger partial charge in [0.05, 0.1) is 17.5 Å². The number of carboxylic acids is 1. The standard InChI is InChI=1S/C28H32N2O11/c1-11-12-7-6-8-13(31)17(12)22(35)18-16(11)24(41-15(34)10-5-4-9-14(32)33)20-21(30(2)3)23(36)19(27(29)39)26(38)28(20,40)25(18)37/h6-8,11,16,20-21,24,31,36-37,40H,4-5,9-10H2,1-3H3,(H2,29,39)(H,32,33)/t11-,16+,20+,21-,24-,28-/m1/s1. The summed E-state index contributed by atoms with van der Waals surface area (Å²) in [4.78, 5) is 65.0. The molecular weight excluding hydrogens is 540 g/mol. The summed E-state index contributed by atoms with van der Waals surface area (Å²) < 4.78 is 5.85. The molecule has 41 heavy (non-hydrogen) atoms. The van der Waals surface area contributed by atoms with Crippen molar-refractivity contribution >= 4 is 29.4 Å². The Morgan fingerprint density at radius 2 is 1.71 bits per heavy atom. The van der Waals surface area contributed by atoms with Crippen molar-refractivity contribution in [2.45, 2.75) is 56.3 Å². The van der Waals surface area contributed by atoms with Gasteiger partial charge in [0, 0.05) is 24.3 Å². The number of ketones is 2. The van der Waals surface area contributed by atoms with Gasteiger partial charge in [-0.3, -0.25) is 28.9 Å². The van der Waals surface area contributed by atoms with Crippen molar-refractivity contribution in [2.75, 3.05) is 14.1 Å². The van der Waals surface area contributed by atoms with Crippen molar-refractivity contribution in [2.24, 2.45) is 17.6 Å². The summed E-state index contributed by atoms with van der Waals surface area (Å²) >= 11 is 0. The maximum Gasteiger partial charge on any atom is 0.306 e. The van der Waals surface area contributed by atoms with Gasteiger partial charge in [0.1, 0.15) is 28.9 Å². The number of aliphatic hydroxyl groups is 3. The van der Waals surface area contributed by atoms with E-state index >= 15 is 0 Å². The van der Waals surface area contributed by atoms with Crippen LogP contribution in [0.5, 0.6) is 5.75 Å². The summed E-state index contributed by atoms with van der Waals surface area (Å²) in [5.74, 6) is -11.4. The number of rotatable bonds is 8. The van der Waals surface area contributed by atoms with E-state index in [1.54, 1.807) is 13.0 Å². The van der Waals surface area contributed by atoms with E-state index in [-0.39, 0.29) is 31.2 Å². The summed E-state index contributed by atoms with van der Waals surface area (Å²) in [6.45, 7) is 1.65. The lowest BCUT2D eigenvalue weighted by Gasteiger charge is -2.54. The fourth-order valence-corrected chi connectivity index (χ4v) is 6.45. The molecule has 220 valence electrons. The highest BCUT2D eigenvalue weighted by Gasteiger charge is 2.68. The number of nitrogens with two attached hydrogens (primary N) is 1. The molecule has 0 heterocycles. The number of likely N-dealkylation sites (N-methyl/N-ethyl adjacent to an activating group) is 1. The van der Waals surface area contributed by atoms with Crippen molar-refractivity contribution in [3.63, 3.8) is 0 Å². The van der Waals surface area contributed by atoms with Crippen molar-refractivity contribution in [3.05, 3.63) is 52.0 Å². The van der Waals surface area contributed by atoms with Gasteiger partial charge in [-0.1, -0.05) is 19.1 Å². The van der Waals surface area contributed by atoms with Gasteiger partial charge < -0.3 is 36.0 Å². The van der Waals surface area contributed by atoms with Crippen LogP contribution in [-0.2, 0) is 23.9 Å². The number of hydrogen-bond acceptors (Lipinski definition) is 11. The molecule has 6 atom stereocenters. The molecule has 0 unspecified atom stereocenters. The number of aromatic hydroxyl groups is 1. The van der Waals surface area contributed by atoms with Crippen LogP contribution < -0.4 is 5.73 Å². The van der Waals surface area contributed by atoms with Gasteiger partial charge in [-0.25, -0.2) is 0 Å². The second-order valence-corrected chi connectivity index (χ2v) is 10.9. The van der Waals surface area contributed by atoms with Crippen LogP contribution in [0.4, 0.5) is 0 Å². The molecule has 0 saturated heterocycles. The van der Waals surface area contributed by atoms with E-state index < -0.39 is 93.3 Å². The van der Waals surface area contributed by atoms with E-state index in [4.69, 9.17) is 15.6 Å². The van der Waals surface area contributed by atoms with Crippen LogP contribution in [-0.4, -0.2) is 91.7 Å². The predicted molar refractivity (Wildman–Crippen MR) is 140 cm³/mol. The normalized spacial score (nSPS) is 29.1. The number of fused-ring (bicyclic) bond motifs is 3. The third kappa shape index (κ3) is 4.54. The van der Waals surface area contributed by atoms with Crippen molar-refractivity contribution < 1.29 is 54.2 Å². The van der Waals surface area contributed by atoms with E-state index in [0.29, 0.717) is 5.56 Å². The lowest BCUT2D eigenvalue weighted by atomic mass is 9.55. The van der Waals surface area contributed by atoms with Crippen LogP contribution in [0, 0.1) is 11.8 Å². The Balaban J connectivity index is 1.95. The molecule has 0 spiro atoms. The second-order valence-electron chi connectivity index (χ2n) is 10.9. The number of aliphatic hydroxyl groups excluding tert-OH is 2. The van der Waals surface area contributed by atoms with Crippen LogP contribution >= 0.6 is 0 Å². The highest BCUT2D eigenvalue weighted by molar-refractivity contribution is 6.25. The first-order chi connectivity index (χ1) is 19.2. The SMILES string of the molecule is C[C@@H]1c2cccc(O)c2C(=O)C2=C(O)[C@@]3(O)C(=O)C(C(N)=O)=C(O)[C@H](N(C)C)[C@H]3[C@H](OC(=O)CCCCC(=O)O)[C@H]21. The number of phenols is 1. The number of unbranched alkanes of at least 4 members (excludes halogenated alkanes) is 1. The van der Waals surface area contributed by atoms with Gasteiger partial charge in [0.25, 0.3) is 5.91 Å². The first-order valence-electron chi connectivity index (χ1n) is 13.0.